The lowest BCUT2D eigenvalue weighted by molar-refractivity contribution is 0.0854. The molecule has 0 bridgehead atoms. The van der Waals surface area contributed by atoms with Crippen molar-refractivity contribution in [1.29, 1.82) is 0 Å². The molecule has 11 heteroatoms. The molecule has 0 spiro atoms. The molecule has 5 rings (SSSR count). The summed E-state index contributed by atoms with van der Waals surface area (Å²) in [5, 5.41) is 22.0. The second kappa shape index (κ2) is 7.59. The molecule has 180 valence electrons. The molecule has 3 aromatic rings. The van der Waals surface area contributed by atoms with Crippen molar-refractivity contribution in [2.75, 3.05) is 17.2 Å². The van der Waals surface area contributed by atoms with Crippen molar-refractivity contribution in [2.24, 2.45) is 5.92 Å². The number of anilines is 3. The van der Waals surface area contributed by atoms with Gasteiger partial charge in [-0.25, -0.2) is 9.37 Å². The van der Waals surface area contributed by atoms with Crippen molar-refractivity contribution in [2.45, 2.75) is 64.6 Å². The zero-order chi connectivity index (χ0) is 24.3. The summed E-state index contributed by atoms with van der Waals surface area (Å²) < 4.78 is 22.2. The minimum absolute atomic E-state index is 0.0393. The Bertz CT molecular complexity index is 1240. The average Bonchev–Trinajstić information content (AvgIpc) is 3.31. The lowest BCUT2D eigenvalue weighted by atomic mass is 9.87. The summed E-state index contributed by atoms with van der Waals surface area (Å²) in [5.41, 5.74) is 0.727. The van der Waals surface area contributed by atoms with Crippen LogP contribution in [0.15, 0.2) is 24.4 Å². The fourth-order valence-electron chi connectivity index (χ4n) is 5.02. The second-order valence-corrected chi connectivity index (χ2v) is 10.7. The number of fused-ring (bicyclic) bond motifs is 3. The number of aromatic nitrogens is 6. The van der Waals surface area contributed by atoms with Crippen molar-refractivity contribution in [3.05, 3.63) is 36.0 Å². The number of rotatable bonds is 5. The summed E-state index contributed by atoms with van der Waals surface area (Å²) in [6, 6.07) is 5.53. The highest BCUT2D eigenvalue weighted by Crippen LogP contribution is 2.39. The molecule has 2 aromatic heterocycles. The maximum atomic E-state index is 14.5. The number of halogens is 1. The van der Waals surface area contributed by atoms with E-state index in [4.69, 9.17) is 4.74 Å². The molecule has 3 N–H and O–H groups in total. The molecule has 2 aliphatic rings. The molecule has 2 aliphatic heterocycles. The number of tetrazole rings is 1. The van der Waals surface area contributed by atoms with Gasteiger partial charge in [0.1, 0.15) is 11.4 Å². The van der Waals surface area contributed by atoms with E-state index in [0.717, 1.165) is 6.42 Å². The van der Waals surface area contributed by atoms with E-state index in [9.17, 15) is 4.39 Å². The summed E-state index contributed by atoms with van der Waals surface area (Å²) in [6.45, 7) is 13.1. The zero-order valence-electron chi connectivity index (χ0n) is 20.3. The first kappa shape index (κ1) is 22.5. The van der Waals surface area contributed by atoms with E-state index < -0.39 is 11.4 Å². The van der Waals surface area contributed by atoms with E-state index in [1.54, 1.807) is 4.68 Å². The molecule has 1 fully saturated rings. The minimum Gasteiger partial charge on any atom is -0.478 e. The molecule has 4 heterocycles. The SMILES string of the molecule is CC1(C)C[C@H](CNc2nc(Nc3ccc4c(c3)-n3nnnc3C(C)(C)O4)ncc2F)C(C)(C)N1. The molecule has 10 nitrogen and oxygen atoms in total. The van der Waals surface area contributed by atoms with Crippen LogP contribution in [0.2, 0.25) is 0 Å². The predicted octanol–water partition coefficient (Wildman–Crippen LogP) is 3.54. The van der Waals surface area contributed by atoms with Crippen LogP contribution in [0.5, 0.6) is 5.75 Å². The van der Waals surface area contributed by atoms with Crippen LogP contribution >= 0.6 is 0 Å². The Morgan fingerprint density at radius 3 is 2.74 bits per heavy atom. The first-order valence-electron chi connectivity index (χ1n) is 11.4. The van der Waals surface area contributed by atoms with Crippen molar-refractivity contribution in [3.63, 3.8) is 0 Å². The lowest BCUT2D eigenvalue weighted by Gasteiger charge is -2.31. The van der Waals surface area contributed by atoms with Crippen LogP contribution < -0.4 is 20.7 Å². The van der Waals surface area contributed by atoms with Crippen LogP contribution in [0, 0.1) is 11.7 Å². The summed E-state index contributed by atoms with van der Waals surface area (Å²) in [5.74, 6) is 1.55. The Labute approximate surface area is 197 Å². The van der Waals surface area contributed by atoms with Gasteiger partial charge in [-0.15, -0.1) is 5.10 Å². The van der Waals surface area contributed by atoms with Crippen LogP contribution in [-0.4, -0.2) is 47.8 Å². The smallest absolute Gasteiger partial charge is 0.229 e. The third-order valence-corrected chi connectivity index (χ3v) is 6.51. The molecule has 0 amide bonds. The van der Waals surface area contributed by atoms with E-state index in [-0.39, 0.29) is 22.8 Å². The Kier molecular flexibility index (Phi) is 5.01. The highest BCUT2D eigenvalue weighted by atomic mass is 19.1. The number of hydrogen-bond donors (Lipinski definition) is 3. The fourth-order valence-corrected chi connectivity index (χ4v) is 5.02. The summed E-state index contributed by atoms with van der Waals surface area (Å²) in [7, 11) is 0. The summed E-state index contributed by atoms with van der Waals surface area (Å²) >= 11 is 0. The molecule has 0 aliphatic carbocycles. The lowest BCUT2D eigenvalue weighted by Crippen LogP contribution is -2.46. The largest absolute Gasteiger partial charge is 0.478 e. The predicted molar refractivity (Wildman–Crippen MR) is 126 cm³/mol. The van der Waals surface area contributed by atoms with E-state index >= 15 is 0 Å². The van der Waals surface area contributed by atoms with Crippen molar-refractivity contribution >= 4 is 17.5 Å². The molecule has 1 atom stereocenters. The zero-order valence-corrected chi connectivity index (χ0v) is 20.3. The van der Waals surface area contributed by atoms with Gasteiger partial charge in [0, 0.05) is 23.3 Å². The molecule has 34 heavy (non-hydrogen) atoms. The monoisotopic (exact) mass is 467 g/mol. The molecular weight excluding hydrogens is 437 g/mol. The van der Waals surface area contributed by atoms with E-state index in [1.807, 2.05) is 32.0 Å². The number of nitrogens with one attached hydrogen (secondary N) is 3. The molecule has 1 saturated heterocycles. The van der Waals surface area contributed by atoms with Crippen LogP contribution in [0.1, 0.15) is 53.8 Å². The number of ether oxygens (including phenoxy) is 1. The van der Waals surface area contributed by atoms with Gasteiger partial charge in [0.2, 0.25) is 5.95 Å². The van der Waals surface area contributed by atoms with E-state index in [1.165, 1.54) is 6.20 Å². The van der Waals surface area contributed by atoms with Gasteiger partial charge in [0.15, 0.2) is 23.1 Å². The molecular formula is C23H30FN9O. The Balaban J connectivity index is 1.34. The summed E-state index contributed by atoms with van der Waals surface area (Å²) in [6.07, 6.45) is 2.15. The van der Waals surface area contributed by atoms with Gasteiger partial charge in [0.25, 0.3) is 0 Å². The quantitative estimate of drug-likeness (QED) is 0.518. The molecule has 0 unspecified atom stereocenters. The number of nitrogens with zero attached hydrogens (tertiary/aromatic N) is 6. The Morgan fingerprint density at radius 2 is 2.00 bits per heavy atom. The number of hydrogen-bond acceptors (Lipinski definition) is 9. The van der Waals surface area contributed by atoms with Crippen LogP contribution in [-0.2, 0) is 5.60 Å². The first-order valence-corrected chi connectivity index (χ1v) is 11.4. The van der Waals surface area contributed by atoms with Crippen LogP contribution in [0.4, 0.5) is 21.8 Å². The van der Waals surface area contributed by atoms with Gasteiger partial charge in [-0.2, -0.15) is 9.67 Å². The van der Waals surface area contributed by atoms with Gasteiger partial charge in [-0.05, 0) is 82.5 Å². The molecule has 0 radical (unpaired) electrons. The Hall–Kier alpha value is -3.34. The molecule has 0 saturated carbocycles. The normalized spacial score (nSPS) is 21.3. The van der Waals surface area contributed by atoms with Crippen LogP contribution in [0.25, 0.3) is 5.69 Å². The van der Waals surface area contributed by atoms with E-state index in [2.05, 4.69) is 69.1 Å². The third-order valence-electron chi connectivity index (χ3n) is 6.51. The fraction of sp³-hybridized carbons (Fsp3) is 0.522. The second-order valence-electron chi connectivity index (χ2n) is 10.7. The van der Waals surface area contributed by atoms with Gasteiger partial charge >= 0.3 is 0 Å². The Morgan fingerprint density at radius 1 is 1.21 bits per heavy atom. The van der Waals surface area contributed by atoms with Gasteiger partial charge < -0.3 is 20.7 Å². The van der Waals surface area contributed by atoms with Crippen molar-refractivity contribution < 1.29 is 9.13 Å². The first-order chi connectivity index (χ1) is 15.9. The average molecular weight is 468 g/mol. The van der Waals surface area contributed by atoms with Crippen molar-refractivity contribution in [3.8, 4) is 11.4 Å². The minimum atomic E-state index is -0.648. The standard InChI is InChI=1S/C23H30FN9O/c1-21(2)10-13(22(3,4)30-21)11-25-18-15(24)12-26-20(28-18)27-14-7-8-17-16(9-14)33-19(29-31-32-33)23(5,6)34-17/h7-9,12-13,30H,10-11H2,1-6H3,(H2,25,26,27,28)/t13-/m1/s1. The van der Waals surface area contributed by atoms with Crippen molar-refractivity contribution in [1.82, 2.24) is 35.5 Å². The maximum Gasteiger partial charge on any atom is 0.229 e. The highest BCUT2D eigenvalue weighted by molar-refractivity contribution is 5.63. The van der Waals surface area contributed by atoms with Crippen LogP contribution in [0.3, 0.4) is 0 Å². The maximum absolute atomic E-state index is 14.5. The molecule has 1 aromatic carbocycles. The third kappa shape index (κ3) is 4.04. The van der Waals surface area contributed by atoms with Gasteiger partial charge in [0.05, 0.1) is 6.20 Å². The summed E-state index contributed by atoms with van der Waals surface area (Å²) in [4.78, 5) is 8.48. The highest BCUT2D eigenvalue weighted by Gasteiger charge is 2.43. The number of benzene rings is 1. The van der Waals surface area contributed by atoms with Gasteiger partial charge in [-0.3, -0.25) is 0 Å². The van der Waals surface area contributed by atoms with E-state index in [0.29, 0.717) is 35.4 Å². The van der Waals surface area contributed by atoms with Gasteiger partial charge in [-0.1, -0.05) is 0 Å². The topological polar surface area (TPSA) is 115 Å².